The summed E-state index contributed by atoms with van der Waals surface area (Å²) in [7, 11) is 0. The van der Waals surface area contributed by atoms with Gasteiger partial charge in [-0.3, -0.25) is 0 Å². The molecule has 0 saturated heterocycles. The molecule has 1 aromatic carbocycles. The van der Waals surface area contributed by atoms with E-state index in [1.165, 1.54) is 5.41 Å². The zero-order chi connectivity index (χ0) is 8.10. The second-order valence-electron chi connectivity index (χ2n) is 1.97. The Morgan fingerprint density at radius 1 is 1.27 bits per heavy atom. The number of aromatic hydroxyl groups is 1. The third kappa shape index (κ3) is 2.29. The molecule has 0 atom stereocenters. The predicted molar refractivity (Wildman–Crippen MR) is 47.4 cm³/mol. The standard InChI is InChI=1S/C8H8O2S/c9-8-4-2-1-3-7(8)5-6-11-10/h1-6,9-10H/b6-5+. The van der Waals surface area contributed by atoms with E-state index in [1.807, 2.05) is 6.07 Å². The molecular weight excluding hydrogens is 160 g/mol. The first-order chi connectivity index (χ1) is 5.34. The summed E-state index contributed by atoms with van der Waals surface area (Å²) in [6.07, 6.45) is 1.64. The number of rotatable bonds is 2. The van der Waals surface area contributed by atoms with Gasteiger partial charge in [0.15, 0.2) is 0 Å². The summed E-state index contributed by atoms with van der Waals surface area (Å²) >= 11 is 0.613. The Balaban J connectivity index is 2.86. The van der Waals surface area contributed by atoms with Crippen LogP contribution in [0.5, 0.6) is 5.75 Å². The molecule has 0 radical (unpaired) electrons. The Morgan fingerprint density at radius 2 is 2.00 bits per heavy atom. The molecule has 2 nitrogen and oxygen atoms in total. The number of benzene rings is 1. The lowest BCUT2D eigenvalue weighted by Crippen LogP contribution is -1.71. The van der Waals surface area contributed by atoms with Gasteiger partial charge in [-0.2, -0.15) is 0 Å². The topological polar surface area (TPSA) is 40.5 Å². The van der Waals surface area contributed by atoms with Crippen molar-refractivity contribution in [3.63, 3.8) is 0 Å². The summed E-state index contributed by atoms with van der Waals surface area (Å²) < 4.78 is 8.37. The highest BCUT2D eigenvalue weighted by atomic mass is 32.2. The first-order valence-electron chi connectivity index (χ1n) is 3.09. The van der Waals surface area contributed by atoms with Crippen molar-refractivity contribution in [2.45, 2.75) is 0 Å². The summed E-state index contributed by atoms with van der Waals surface area (Å²) in [5.74, 6) is 0.220. The van der Waals surface area contributed by atoms with Crippen molar-refractivity contribution in [3.05, 3.63) is 35.2 Å². The Morgan fingerprint density at radius 3 is 2.64 bits per heavy atom. The van der Waals surface area contributed by atoms with E-state index in [9.17, 15) is 5.11 Å². The molecule has 0 fully saturated rings. The number of hydrogen-bond donors (Lipinski definition) is 2. The molecule has 2 N–H and O–H groups in total. The van der Waals surface area contributed by atoms with E-state index in [4.69, 9.17) is 4.55 Å². The van der Waals surface area contributed by atoms with Crippen LogP contribution >= 0.6 is 12.0 Å². The van der Waals surface area contributed by atoms with Gasteiger partial charge in [-0.1, -0.05) is 18.2 Å². The van der Waals surface area contributed by atoms with Crippen LogP contribution in [0.3, 0.4) is 0 Å². The normalized spacial score (nSPS) is 10.6. The number of para-hydroxylation sites is 1. The highest BCUT2D eigenvalue weighted by Gasteiger charge is 1.91. The van der Waals surface area contributed by atoms with Crippen LogP contribution in [0, 0.1) is 0 Å². The van der Waals surface area contributed by atoms with E-state index in [2.05, 4.69) is 0 Å². The second-order valence-corrected chi connectivity index (χ2v) is 2.45. The molecule has 58 valence electrons. The Labute approximate surface area is 69.4 Å². The number of phenols is 1. The van der Waals surface area contributed by atoms with Crippen LogP contribution < -0.4 is 0 Å². The molecule has 0 unspecified atom stereocenters. The SMILES string of the molecule is OS/C=C/c1ccccc1O. The highest BCUT2D eigenvalue weighted by Crippen LogP contribution is 2.17. The van der Waals surface area contributed by atoms with Crippen molar-refractivity contribution in [1.29, 1.82) is 0 Å². The first kappa shape index (κ1) is 8.17. The molecule has 0 aliphatic rings. The van der Waals surface area contributed by atoms with E-state index in [0.29, 0.717) is 17.6 Å². The van der Waals surface area contributed by atoms with Crippen LogP contribution in [0.2, 0.25) is 0 Å². The summed E-state index contributed by atoms with van der Waals surface area (Å²) in [4.78, 5) is 0. The maximum absolute atomic E-state index is 9.20. The Hall–Kier alpha value is -0.930. The van der Waals surface area contributed by atoms with Gasteiger partial charge in [0.05, 0.1) is 0 Å². The molecule has 0 heterocycles. The highest BCUT2D eigenvalue weighted by molar-refractivity contribution is 7.96. The predicted octanol–water partition coefficient (Wildman–Crippen LogP) is 2.57. The largest absolute Gasteiger partial charge is 0.507 e. The summed E-state index contributed by atoms with van der Waals surface area (Å²) in [5, 5.41) is 10.7. The van der Waals surface area contributed by atoms with Crippen molar-refractivity contribution in [3.8, 4) is 5.75 Å². The third-order valence-electron chi connectivity index (χ3n) is 1.25. The molecule has 11 heavy (non-hydrogen) atoms. The van der Waals surface area contributed by atoms with Crippen molar-refractivity contribution in [2.24, 2.45) is 0 Å². The molecule has 0 saturated carbocycles. The van der Waals surface area contributed by atoms with Gasteiger partial charge in [-0.25, -0.2) is 0 Å². The molecule has 1 aromatic rings. The minimum absolute atomic E-state index is 0.220. The lowest BCUT2D eigenvalue weighted by atomic mass is 10.2. The Bertz CT molecular complexity index is 258. The van der Waals surface area contributed by atoms with Gasteiger partial charge in [0.1, 0.15) is 5.75 Å². The molecule has 0 amide bonds. The van der Waals surface area contributed by atoms with Crippen LogP contribution in [-0.2, 0) is 0 Å². The average molecular weight is 168 g/mol. The number of phenolic OH excluding ortho intramolecular Hbond substituents is 1. The van der Waals surface area contributed by atoms with Gasteiger partial charge in [-0.15, -0.1) is 0 Å². The van der Waals surface area contributed by atoms with Crippen molar-refractivity contribution in [2.75, 3.05) is 0 Å². The van der Waals surface area contributed by atoms with Crippen LogP contribution in [0.15, 0.2) is 29.7 Å². The maximum atomic E-state index is 9.20. The maximum Gasteiger partial charge on any atom is 0.122 e. The molecule has 0 spiro atoms. The molecule has 0 bridgehead atoms. The molecule has 0 aliphatic carbocycles. The van der Waals surface area contributed by atoms with E-state index < -0.39 is 0 Å². The van der Waals surface area contributed by atoms with Gasteiger partial charge in [-0.05, 0) is 17.6 Å². The fraction of sp³-hybridized carbons (Fsp3) is 0. The Kier molecular flexibility index (Phi) is 3.01. The fourth-order valence-corrected chi connectivity index (χ4v) is 0.940. The van der Waals surface area contributed by atoms with Crippen molar-refractivity contribution >= 4 is 18.1 Å². The van der Waals surface area contributed by atoms with Gasteiger partial charge in [0.25, 0.3) is 0 Å². The minimum Gasteiger partial charge on any atom is -0.507 e. The first-order valence-corrected chi connectivity index (χ1v) is 3.93. The van der Waals surface area contributed by atoms with E-state index in [1.54, 1.807) is 24.3 Å². The van der Waals surface area contributed by atoms with Crippen LogP contribution in [0.1, 0.15) is 5.56 Å². The lowest BCUT2D eigenvalue weighted by Gasteiger charge is -1.95. The zero-order valence-corrected chi connectivity index (χ0v) is 6.58. The number of hydrogen-bond acceptors (Lipinski definition) is 3. The van der Waals surface area contributed by atoms with E-state index in [0.717, 1.165) is 0 Å². The average Bonchev–Trinajstić information content (AvgIpc) is 2.03. The second kappa shape index (κ2) is 4.05. The summed E-state index contributed by atoms with van der Waals surface area (Å²) in [5.41, 5.74) is 0.703. The van der Waals surface area contributed by atoms with Gasteiger partial charge < -0.3 is 9.66 Å². The fourth-order valence-electron chi connectivity index (χ4n) is 0.732. The van der Waals surface area contributed by atoms with Crippen LogP contribution in [-0.4, -0.2) is 9.66 Å². The molecule has 1 rings (SSSR count). The quantitative estimate of drug-likeness (QED) is 0.667. The van der Waals surface area contributed by atoms with Gasteiger partial charge in [0.2, 0.25) is 0 Å². The van der Waals surface area contributed by atoms with E-state index in [-0.39, 0.29) is 5.75 Å². The lowest BCUT2D eigenvalue weighted by molar-refractivity contribution is 0.474. The van der Waals surface area contributed by atoms with Crippen LogP contribution in [0.25, 0.3) is 6.08 Å². The van der Waals surface area contributed by atoms with Crippen LogP contribution in [0.4, 0.5) is 0 Å². The minimum atomic E-state index is 0.220. The van der Waals surface area contributed by atoms with Gasteiger partial charge in [0, 0.05) is 17.6 Å². The van der Waals surface area contributed by atoms with E-state index >= 15 is 0 Å². The van der Waals surface area contributed by atoms with Gasteiger partial charge >= 0.3 is 0 Å². The van der Waals surface area contributed by atoms with Crippen molar-refractivity contribution < 1.29 is 9.66 Å². The summed E-state index contributed by atoms with van der Waals surface area (Å²) in [6.45, 7) is 0. The molecule has 0 aliphatic heterocycles. The molecule has 0 aromatic heterocycles. The smallest absolute Gasteiger partial charge is 0.122 e. The molecular formula is C8H8O2S. The zero-order valence-electron chi connectivity index (χ0n) is 5.77. The van der Waals surface area contributed by atoms with Crippen molar-refractivity contribution in [1.82, 2.24) is 0 Å². The monoisotopic (exact) mass is 168 g/mol. The third-order valence-corrected chi connectivity index (χ3v) is 1.50. The summed E-state index contributed by atoms with van der Waals surface area (Å²) in [6, 6.07) is 6.93. The molecule has 3 heteroatoms.